The number of benzene rings is 2. The second-order valence-corrected chi connectivity index (χ2v) is 7.68. The van der Waals surface area contributed by atoms with Gasteiger partial charge in [-0.15, -0.1) is 0 Å². The molecule has 152 valence electrons. The molecule has 0 amide bonds. The molecule has 31 heavy (non-hydrogen) atoms. The van der Waals surface area contributed by atoms with Crippen LogP contribution in [0.15, 0.2) is 78.6 Å². The zero-order valence-corrected chi connectivity index (χ0v) is 16.9. The van der Waals surface area contributed by atoms with Crippen molar-refractivity contribution in [2.75, 3.05) is 5.32 Å². The fourth-order valence-electron chi connectivity index (χ4n) is 4.40. The van der Waals surface area contributed by atoms with Crippen LogP contribution in [0.2, 0.25) is 0 Å². The summed E-state index contributed by atoms with van der Waals surface area (Å²) in [5.41, 5.74) is 6.44. The third-order valence-electron chi connectivity index (χ3n) is 5.93. The van der Waals surface area contributed by atoms with Gasteiger partial charge in [0.1, 0.15) is 17.9 Å². The molecule has 4 heterocycles. The zero-order valence-electron chi connectivity index (χ0n) is 16.9. The summed E-state index contributed by atoms with van der Waals surface area (Å²) in [6.07, 6.45) is 4.35. The number of para-hydroxylation sites is 1. The van der Waals surface area contributed by atoms with Gasteiger partial charge in [-0.3, -0.25) is 4.98 Å². The van der Waals surface area contributed by atoms with E-state index < -0.39 is 0 Å². The minimum Gasteiger partial charge on any atom is -0.480 e. The van der Waals surface area contributed by atoms with Gasteiger partial charge in [-0.25, -0.2) is 0 Å². The largest absolute Gasteiger partial charge is 0.480 e. The highest BCUT2D eigenvalue weighted by atomic mass is 16.5. The van der Waals surface area contributed by atoms with Crippen molar-refractivity contribution < 1.29 is 4.74 Å². The number of anilines is 1. The fraction of sp³-hybridized carbons (Fsp3) is 0.167. The van der Waals surface area contributed by atoms with Crippen LogP contribution < -0.4 is 10.1 Å². The minimum absolute atomic E-state index is 0.237. The number of fused-ring (bicyclic) bond motifs is 3. The summed E-state index contributed by atoms with van der Waals surface area (Å²) in [4.78, 5) is 4.35. The summed E-state index contributed by atoms with van der Waals surface area (Å²) in [5, 5.41) is 15.9. The van der Waals surface area contributed by atoms with Crippen LogP contribution in [0.1, 0.15) is 41.3 Å². The Morgan fingerprint density at radius 3 is 2.68 bits per heavy atom. The molecule has 0 spiro atoms. The van der Waals surface area contributed by atoms with Crippen LogP contribution in [-0.4, -0.2) is 25.2 Å². The number of hydrogen-bond donors (Lipinski definition) is 1. The van der Waals surface area contributed by atoms with E-state index in [4.69, 9.17) is 4.74 Å². The van der Waals surface area contributed by atoms with Gasteiger partial charge in [0.15, 0.2) is 0 Å². The highest BCUT2D eigenvalue weighted by Crippen LogP contribution is 2.50. The summed E-state index contributed by atoms with van der Waals surface area (Å²) in [6, 6.07) is 20.5. The molecule has 2 aliphatic rings. The Morgan fingerprint density at radius 1 is 1.00 bits per heavy atom. The van der Waals surface area contributed by atoms with E-state index in [9.17, 15) is 0 Å². The molecule has 6 rings (SSSR count). The molecule has 0 bridgehead atoms. The molecule has 0 saturated carbocycles. The highest BCUT2D eigenvalue weighted by molar-refractivity contribution is 5.85. The number of pyridine rings is 1. The van der Waals surface area contributed by atoms with Crippen LogP contribution in [0.3, 0.4) is 0 Å². The normalized spacial score (nSPS) is 19.0. The predicted octanol–water partition coefficient (Wildman–Crippen LogP) is 4.19. The summed E-state index contributed by atoms with van der Waals surface area (Å²) in [7, 11) is 0. The first-order valence-corrected chi connectivity index (χ1v) is 10.4. The van der Waals surface area contributed by atoms with E-state index in [0.29, 0.717) is 5.95 Å². The van der Waals surface area contributed by atoms with Crippen molar-refractivity contribution in [1.82, 2.24) is 25.2 Å². The monoisotopic (exact) mass is 408 g/mol. The van der Waals surface area contributed by atoms with Gasteiger partial charge in [0.25, 0.3) is 0 Å². The van der Waals surface area contributed by atoms with E-state index >= 15 is 0 Å². The Hall–Kier alpha value is -4.00. The lowest BCUT2D eigenvalue weighted by atomic mass is 9.85. The SMILES string of the molecule is CCc1ccc([C@@H]2Oc3ccccc3C3=C2[C@H](c2cccnc2)n2nnnc2N3)cc1. The number of aromatic nitrogens is 5. The van der Waals surface area contributed by atoms with Gasteiger partial charge in [0, 0.05) is 23.5 Å². The van der Waals surface area contributed by atoms with Gasteiger partial charge in [-0.2, -0.15) is 4.68 Å². The van der Waals surface area contributed by atoms with Crippen molar-refractivity contribution >= 4 is 11.6 Å². The van der Waals surface area contributed by atoms with E-state index in [0.717, 1.165) is 40.1 Å². The Labute approximate surface area is 179 Å². The summed E-state index contributed by atoms with van der Waals surface area (Å²) < 4.78 is 8.41. The van der Waals surface area contributed by atoms with E-state index in [-0.39, 0.29) is 12.1 Å². The van der Waals surface area contributed by atoms with Gasteiger partial charge >= 0.3 is 0 Å². The molecule has 4 aromatic rings. The lowest BCUT2D eigenvalue weighted by molar-refractivity contribution is 0.222. The molecule has 2 atom stereocenters. The number of ether oxygens (including phenoxy) is 1. The Bertz CT molecular complexity index is 1280. The number of nitrogens with one attached hydrogen (secondary N) is 1. The van der Waals surface area contributed by atoms with E-state index in [1.807, 2.05) is 30.5 Å². The Morgan fingerprint density at radius 2 is 1.87 bits per heavy atom. The third kappa shape index (κ3) is 2.81. The van der Waals surface area contributed by atoms with Crippen molar-refractivity contribution in [3.63, 3.8) is 0 Å². The van der Waals surface area contributed by atoms with Crippen LogP contribution in [0.25, 0.3) is 5.70 Å². The summed E-state index contributed by atoms with van der Waals surface area (Å²) in [6.45, 7) is 2.16. The first-order chi connectivity index (χ1) is 15.3. The average molecular weight is 408 g/mol. The average Bonchev–Trinajstić information content (AvgIpc) is 3.31. The molecule has 7 nitrogen and oxygen atoms in total. The number of aryl methyl sites for hydroxylation is 1. The molecule has 0 saturated heterocycles. The first-order valence-electron chi connectivity index (χ1n) is 10.4. The van der Waals surface area contributed by atoms with Crippen molar-refractivity contribution in [3.8, 4) is 5.75 Å². The van der Waals surface area contributed by atoms with E-state index in [1.54, 1.807) is 10.9 Å². The summed E-state index contributed by atoms with van der Waals surface area (Å²) in [5.74, 6) is 1.44. The lowest BCUT2D eigenvalue weighted by Crippen LogP contribution is -2.32. The summed E-state index contributed by atoms with van der Waals surface area (Å²) >= 11 is 0. The molecule has 0 unspecified atom stereocenters. The molecule has 2 aromatic carbocycles. The van der Waals surface area contributed by atoms with Gasteiger partial charge in [-0.1, -0.05) is 54.5 Å². The highest BCUT2D eigenvalue weighted by Gasteiger charge is 2.41. The quantitative estimate of drug-likeness (QED) is 0.548. The molecule has 0 aliphatic carbocycles. The maximum atomic E-state index is 6.60. The van der Waals surface area contributed by atoms with Crippen LogP contribution in [0, 0.1) is 0 Å². The van der Waals surface area contributed by atoms with Crippen LogP contribution in [0.5, 0.6) is 5.75 Å². The number of hydrogen-bond acceptors (Lipinski definition) is 6. The second-order valence-electron chi connectivity index (χ2n) is 7.68. The van der Waals surface area contributed by atoms with Gasteiger partial charge in [-0.05, 0) is 51.7 Å². The van der Waals surface area contributed by atoms with Gasteiger partial charge in [0.2, 0.25) is 5.95 Å². The third-order valence-corrected chi connectivity index (χ3v) is 5.93. The molecular formula is C24H20N6O. The van der Waals surface area contributed by atoms with Crippen molar-refractivity contribution in [1.29, 1.82) is 0 Å². The van der Waals surface area contributed by atoms with Crippen molar-refractivity contribution in [2.24, 2.45) is 0 Å². The predicted molar refractivity (Wildman–Crippen MR) is 116 cm³/mol. The van der Waals surface area contributed by atoms with Crippen molar-refractivity contribution in [2.45, 2.75) is 25.5 Å². The molecule has 0 fully saturated rings. The van der Waals surface area contributed by atoms with Crippen LogP contribution in [0.4, 0.5) is 5.95 Å². The lowest BCUT2D eigenvalue weighted by Gasteiger charge is -2.38. The Kier molecular flexibility index (Phi) is 4.06. The zero-order chi connectivity index (χ0) is 20.8. The second kappa shape index (κ2) is 7.05. The standard InChI is InChI=1S/C24H20N6O/c1-2-15-9-11-16(12-10-15)23-20-21(18-7-3-4-8-19(18)31-23)26-24-27-28-29-30(24)22(20)17-6-5-13-25-14-17/h3-14,22-23H,2H2,1H3,(H,26,27,29)/t22-,23-/m0/s1. The first kappa shape index (κ1) is 17.8. The smallest absolute Gasteiger partial charge is 0.248 e. The maximum Gasteiger partial charge on any atom is 0.248 e. The maximum absolute atomic E-state index is 6.60. The topological polar surface area (TPSA) is 77.8 Å². The van der Waals surface area contributed by atoms with Crippen LogP contribution in [-0.2, 0) is 6.42 Å². The number of nitrogens with zero attached hydrogens (tertiary/aromatic N) is 5. The molecular weight excluding hydrogens is 388 g/mol. The van der Waals surface area contributed by atoms with E-state index in [1.165, 1.54) is 5.56 Å². The number of tetrazole rings is 1. The Balaban J connectivity index is 1.60. The molecule has 7 heteroatoms. The molecule has 1 N–H and O–H groups in total. The molecule has 2 aromatic heterocycles. The van der Waals surface area contributed by atoms with Crippen molar-refractivity contribution in [3.05, 3.63) is 101 Å². The van der Waals surface area contributed by atoms with Gasteiger partial charge < -0.3 is 10.1 Å². The van der Waals surface area contributed by atoms with Crippen LogP contribution >= 0.6 is 0 Å². The molecule has 2 aliphatic heterocycles. The molecule has 0 radical (unpaired) electrons. The minimum atomic E-state index is -0.286. The number of rotatable bonds is 3. The van der Waals surface area contributed by atoms with E-state index in [2.05, 4.69) is 69.1 Å². The fourth-order valence-corrected chi connectivity index (χ4v) is 4.40. The van der Waals surface area contributed by atoms with Gasteiger partial charge in [0.05, 0.1) is 5.70 Å².